The van der Waals surface area contributed by atoms with Gasteiger partial charge < -0.3 is 4.90 Å². The van der Waals surface area contributed by atoms with Crippen molar-refractivity contribution in [2.45, 2.75) is 22.9 Å². The monoisotopic (exact) mass is 306 g/mol. The SMILES string of the molecule is NNc1nc(Sc2ccccc2F)nc(N2CCCC2)n1. The number of rotatable bonds is 4. The summed E-state index contributed by atoms with van der Waals surface area (Å²) in [7, 11) is 0. The molecule has 6 nitrogen and oxygen atoms in total. The van der Waals surface area contributed by atoms with Gasteiger partial charge in [0.25, 0.3) is 0 Å². The molecule has 0 spiro atoms. The fourth-order valence-electron chi connectivity index (χ4n) is 2.14. The third-order valence-electron chi connectivity index (χ3n) is 3.16. The lowest BCUT2D eigenvalue weighted by atomic mass is 10.4. The molecule has 8 heteroatoms. The third kappa shape index (κ3) is 3.22. The van der Waals surface area contributed by atoms with E-state index in [9.17, 15) is 4.39 Å². The first-order chi connectivity index (χ1) is 10.3. The van der Waals surface area contributed by atoms with Crippen LogP contribution in [0.15, 0.2) is 34.3 Å². The van der Waals surface area contributed by atoms with Crippen LogP contribution in [0.4, 0.5) is 16.3 Å². The molecule has 1 aromatic carbocycles. The van der Waals surface area contributed by atoms with E-state index >= 15 is 0 Å². The number of hydrazine groups is 1. The summed E-state index contributed by atoms with van der Waals surface area (Å²) in [5, 5.41) is 0.421. The van der Waals surface area contributed by atoms with Crippen LogP contribution in [-0.2, 0) is 0 Å². The smallest absolute Gasteiger partial charge is 0.242 e. The highest BCUT2D eigenvalue weighted by Gasteiger charge is 2.18. The van der Waals surface area contributed by atoms with Crippen molar-refractivity contribution in [1.82, 2.24) is 15.0 Å². The van der Waals surface area contributed by atoms with E-state index in [2.05, 4.69) is 25.3 Å². The number of nitrogens with two attached hydrogens (primary N) is 1. The van der Waals surface area contributed by atoms with E-state index < -0.39 is 0 Å². The van der Waals surface area contributed by atoms with E-state index in [1.807, 2.05) is 0 Å². The summed E-state index contributed by atoms with van der Waals surface area (Å²) in [6, 6.07) is 6.52. The maximum Gasteiger partial charge on any atom is 0.242 e. The Morgan fingerprint density at radius 3 is 2.62 bits per heavy atom. The molecule has 2 aromatic rings. The van der Waals surface area contributed by atoms with E-state index in [1.165, 1.54) is 6.07 Å². The Morgan fingerprint density at radius 2 is 1.90 bits per heavy atom. The topological polar surface area (TPSA) is 80.0 Å². The van der Waals surface area contributed by atoms with Crippen LogP contribution in [0.5, 0.6) is 0 Å². The summed E-state index contributed by atoms with van der Waals surface area (Å²) in [5.41, 5.74) is 2.44. The van der Waals surface area contributed by atoms with Gasteiger partial charge in [-0.05, 0) is 36.7 Å². The van der Waals surface area contributed by atoms with Gasteiger partial charge in [0.1, 0.15) is 5.82 Å². The minimum atomic E-state index is -0.298. The van der Waals surface area contributed by atoms with E-state index in [4.69, 9.17) is 5.84 Å². The summed E-state index contributed by atoms with van der Waals surface area (Å²) < 4.78 is 13.7. The van der Waals surface area contributed by atoms with E-state index in [1.54, 1.807) is 18.2 Å². The molecule has 2 heterocycles. The van der Waals surface area contributed by atoms with Crippen LogP contribution < -0.4 is 16.2 Å². The minimum absolute atomic E-state index is 0.283. The van der Waals surface area contributed by atoms with Crippen molar-refractivity contribution in [2.75, 3.05) is 23.4 Å². The van der Waals surface area contributed by atoms with Gasteiger partial charge in [0.05, 0.1) is 4.90 Å². The number of nitrogen functional groups attached to an aromatic ring is 1. The van der Waals surface area contributed by atoms with Crippen LogP contribution in [0.1, 0.15) is 12.8 Å². The van der Waals surface area contributed by atoms with Crippen LogP contribution in [0.3, 0.4) is 0 Å². The molecular weight excluding hydrogens is 291 g/mol. The van der Waals surface area contributed by atoms with Crippen LogP contribution >= 0.6 is 11.8 Å². The Balaban J connectivity index is 1.90. The molecule has 21 heavy (non-hydrogen) atoms. The molecule has 1 fully saturated rings. The summed E-state index contributed by atoms with van der Waals surface area (Å²) >= 11 is 1.16. The highest BCUT2D eigenvalue weighted by atomic mass is 32.2. The molecule has 0 radical (unpaired) electrons. The van der Waals surface area contributed by atoms with Gasteiger partial charge >= 0.3 is 0 Å². The van der Waals surface area contributed by atoms with Crippen LogP contribution in [-0.4, -0.2) is 28.0 Å². The van der Waals surface area contributed by atoms with Crippen LogP contribution in [0.2, 0.25) is 0 Å². The number of aromatic nitrogens is 3. The van der Waals surface area contributed by atoms with Crippen molar-refractivity contribution in [3.63, 3.8) is 0 Å². The predicted octanol–water partition coefficient (Wildman–Crippen LogP) is 2.05. The van der Waals surface area contributed by atoms with Crippen molar-refractivity contribution >= 4 is 23.7 Å². The van der Waals surface area contributed by atoms with Gasteiger partial charge in [-0.3, -0.25) is 5.43 Å². The number of hydrogen-bond donors (Lipinski definition) is 2. The van der Waals surface area contributed by atoms with E-state index in [-0.39, 0.29) is 11.8 Å². The number of nitrogens with one attached hydrogen (secondary N) is 1. The predicted molar refractivity (Wildman–Crippen MR) is 79.6 cm³/mol. The quantitative estimate of drug-likeness (QED) is 0.661. The molecule has 1 saturated heterocycles. The number of hydrogen-bond acceptors (Lipinski definition) is 7. The number of halogens is 1. The van der Waals surface area contributed by atoms with Crippen molar-refractivity contribution in [3.05, 3.63) is 30.1 Å². The third-order valence-corrected chi connectivity index (χ3v) is 4.08. The lowest BCUT2D eigenvalue weighted by Gasteiger charge is -2.16. The average Bonchev–Trinajstić information content (AvgIpc) is 3.04. The normalized spacial score (nSPS) is 14.5. The Labute approximate surface area is 126 Å². The van der Waals surface area contributed by atoms with Gasteiger partial charge in [-0.15, -0.1) is 0 Å². The molecule has 1 aromatic heterocycles. The fourth-order valence-corrected chi connectivity index (χ4v) is 2.91. The number of benzene rings is 1. The lowest BCUT2D eigenvalue weighted by molar-refractivity contribution is 0.601. The van der Waals surface area contributed by atoms with Crippen molar-refractivity contribution in [2.24, 2.45) is 5.84 Å². The zero-order valence-corrected chi connectivity index (χ0v) is 12.1. The molecule has 3 N–H and O–H groups in total. The number of anilines is 2. The van der Waals surface area contributed by atoms with E-state index in [0.717, 1.165) is 37.7 Å². The second-order valence-electron chi connectivity index (χ2n) is 4.61. The molecule has 0 amide bonds. The minimum Gasteiger partial charge on any atom is -0.341 e. The first kappa shape index (κ1) is 14.0. The second-order valence-corrected chi connectivity index (χ2v) is 5.62. The average molecular weight is 306 g/mol. The molecule has 0 atom stereocenters. The molecule has 1 aliphatic heterocycles. The second kappa shape index (κ2) is 6.23. The molecule has 110 valence electrons. The zero-order valence-electron chi connectivity index (χ0n) is 11.3. The standard InChI is InChI=1S/C13H15FN6S/c14-9-5-1-2-6-10(9)21-13-17-11(19-15)16-12(18-13)20-7-3-4-8-20/h1-2,5-6H,3-4,7-8,15H2,(H,16,17,18,19). The molecule has 3 rings (SSSR count). The first-order valence-corrected chi connectivity index (χ1v) is 7.48. The summed E-state index contributed by atoms with van der Waals surface area (Å²) in [6.07, 6.45) is 2.24. The lowest BCUT2D eigenvalue weighted by Crippen LogP contribution is -2.22. The van der Waals surface area contributed by atoms with Crippen molar-refractivity contribution in [1.29, 1.82) is 0 Å². The Bertz CT molecular complexity index is 632. The number of nitrogens with zero attached hydrogens (tertiary/aromatic N) is 4. The van der Waals surface area contributed by atoms with Crippen LogP contribution in [0.25, 0.3) is 0 Å². The van der Waals surface area contributed by atoms with Gasteiger partial charge in [-0.25, -0.2) is 10.2 Å². The summed E-state index contributed by atoms with van der Waals surface area (Å²) in [6.45, 7) is 1.83. The fraction of sp³-hybridized carbons (Fsp3) is 0.308. The zero-order chi connectivity index (χ0) is 14.7. The molecule has 0 aliphatic carbocycles. The Kier molecular flexibility index (Phi) is 4.16. The van der Waals surface area contributed by atoms with Gasteiger partial charge in [0, 0.05) is 13.1 Å². The molecular formula is C13H15FN6S. The van der Waals surface area contributed by atoms with Gasteiger partial charge in [0.15, 0.2) is 5.16 Å². The summed E-state index contributed by atoms with van der Waals surface area (Å²) in [5.74, 6) is 5.97. The maximum atomic E-state index is 13.7. The molecule has 1 aliphatic rings. The maximum absolute atomic E-state index is 13.7. The molecule has 0 bridgehead atoms. The van der Waals surface area contributed by atoms with Gasteiger partial charge in [-0.2, -0.15) is 15.0 Å². The Morgan fingerprint density at radius 1 is 1.14 bits per heavy atom. The van der Waals surface area contributed by atoms with Gasteiger partial charge in [-0.1, -0.05) is 12.1 Å². The first-order valence-electron chi connectivity index (χ1n) is 6.66. The largest absolute Gasteiger partial charge is 0.341 e. The summed E-state index contributed by atoms with van der Waals surface area (Å²) in [4.78, 5) is 15.4. The highest BCUT2D eigenvalue weighted by molar-refractivity contribution is 7.99. The molecule has 0 saturated carbocycles. The van der Waals surface area contributed by atoms with Crippen molar-refractivity contribution < 1.29 is 4.39 Å². The van der Waals surface area contributed by atoms with E-state index in [0.29, 0.717) is 16.0 Å². The van der Waals surface area contributed by atoms with Crippen LogP contribution in [0, 0.1) is 5.82 Å². The van der Waals surface area contributed by atoms with Gasteiger partial charge in [0.2, 0.25) is 11.9 Å². The Hall–Kier alpha value is -1.93. The molecule has 0 unspecified atom stereocenters. The van der Waals surface area contributed by atoms with Crippen molar-refractivity contribution in [3.8, 4) is 0 Å². The highest BCUT2D eigenvalue weighted by Crippen LogP contribution is 2.29.